The highest BCUT2D eigenvalue weighted by Gasteiger charge is 2.25. The zero-order valence-corrected chi connectivity index (χ0v) is 18.0. The van der Waals surface area contributed by atoms with Crippen LogP contribution in [0.4, 0.5) is 0 Å². The minimum atomic E-state index is 0.185. The molecule has 2 heterocycles. The molecule has 0 unspecified atom stereocenters. The Balaban J connectivity index is 1.74. The molecular weight excluding hydrogens is 358 g/mol. The lowest BCUT2D eigenvalue weighted by molar-refractivity contribution is -0.131. The van der Waals surface area contributed by atoms with Crippen LogP contribution in [-0.4, -0.2) is 33.3 Å². The number of imidazole rings is 1. The third kappa shape index (κ3) is 3.81. The average Bonchev–Trinajstić information content (AvgIpc) is 3.10. The lowest BCUT2D eigenvalue weighted by Crippen LogP contribution is -2.39. The number of hydrogen-bond donors (Lipinski definition) is 0. The summed E-state index contributed by atoms with van der Waals surface area (Å²) in [7, 11) is 1.97. The molecule has 1 fully saturated rings. The number of nitrogens with zero attached hydrogens (tertiary/aromatic N) is 3. The van der Waals surface area contributed by atoms with Gasteiger partial charge in [0.1, 0.15) is 5.65 Å². The van der Waals surface area contributed by atoms with E-state index in [0.717, 1.165) is 41.0 Å². The van der Waals surface area contributed by atoms with Crippen LogP contribution in [-0.2, 0) is 11.2 Å². The van der Waals surface area contributed by atoms with Crippen molar-refractivity contribution in [3.8, 4) is 11.3 Å². The first kappa shape index (κ1) is 19.7. The first-order valence-corrected chi connectivity index (χ1v) is 10.8. The van der Waals surface area contributed by atoms with Gasteiger partial charge in [0.15, 0.2) is 0 Å². The second-order valence-electron chi connectivity index (χ2n) is 8.56. The highest BCUT2D eigenvalue weighted by Crippen LogP contribution is 2.29. The van der Waals surface area contributed by atoms with Crippen LogP contribution in [0.15, 0.2) is 36.5 Å². The highest BCUT2D eigenvalue weighted by atomic mass is 16.2. The summed E-state index contributed by atoms with van der Waals surface area (Å²) in [5, 5.41) is 0. The van der Waals surface area contributed by atoms with Gasteiger partial charge < -0.3 is 9.30 Å². The average molecular weight is 390 g/mol. The lowest BCUT2D eigenvalue weighted by atomic mass is 9.94. The summed E-state index contributed by atoms with van der Waals surface area (Å²) in [6.45, 7) is 6.32. The van der Waals surface area contributed by atoms with Gasteiger partial charge in [-0.05, 0) is 62.4 Å². The van der Waals surface area contributed by atoms with Crippen LogP contribution in [0.5, 0.6) is 0 Å². The molecule has 1 aromatic carbocycles. The molecular formula is C25H31N3O. The van der Waals surface area contributed by atoms with Crippen LogP contribution >= 0.6 is 0 Å². The summed E-state index contributed by atoms with van der Waals surface area (Å²) < 4.78 is 2.10. The van der Waals surface area contributed by atoms with Gasteiger partial charge in [0.05, 0.1) is 17.8 Å². The molecule has 3 aromatic rings. The standard InChI is InChI=1S/C25H31N3O/c1-17-12-13-20(15-19(17)3)24-22(28-14-8-9-18(2)25(28)26-24)16-23(29)27(4)21-10-6-5-7-11-21/h8-9,12-15,21H,5-7,10-11,16H2,1-4H3. The second kappa shape index (κ2) is 8.02. The van der Waals surface area contributed by atoms with Crippen LogP contribution in [0.25, 0.3) is 16.9 Å². The number of carbonyl (C=O) groups excluding carboxylic acids is 1. The summed E-state index contributed by atoms with van der Waals surface area (Å²) in [5.41, 5.74) is 7.56. The maximum atomic E-state index is 13.2. The van der Waals surface area contributed by atoms with Crippen molar-refractivity contribution in [2.45, 2.75) is 65.3 Å². The molecule has 1 aliphatic rings. The molecule has 4 rings (SSSR count). The number of aromatic nitrogens is 2. The van der Waals surface area contributed by atoms with Gasteiger partial charge in [-0.25, -0.2) is 4.98 Å². The molecule has 4 nitrogen and oxygen atoms in total. The van der Waals surface area contributed by atoms with Crippen molar-refractivity contribution in [3.05, 3.63) is 58.9 Å². The number of amides is 1. The molecule has 0 aliphatic heterocycles. The van der Waals surface area contributed by atoms with Crippen LogP contribution < -0.4 is 0 Å². The Kier molecular flexibility index (Phi) is 5.44. The van der Waals surface area contributed by atoms with Gasteiger partial charge in [0.2, 0.25) is 5.91 Å². The van der Waals surface area contributed by atoms with E-state index >= 15 is 0 Å². The summed E-state index contributed by atoms with van der Waals surface area (Å²) in [5.74, 6) is 0.185. The molecule has 0 saturated heterocycles. The van der Waals surface area contributed by atoms with Crippen molar-refractivity contribution in [3.63, 3.8) is 0 Å². The zero-order chi connectivity index (χ0) is 20.5. The number of likely N-dealkylation sites (N-methyl/N-ethyl adjacent to an activating group) is 1. The smallest absolute Gasteiger partial charge is 0.228 e. The molecule has 0 N–H and O–H groups in total. The van der Waals surface area contributed by atoms with Gasteiger partial charge in [-0.2, -0.15) is 0 Å². The first-order chi connectivity index (χ1) is 14.0. The van der Waals surface area contributed by atoms with Crippen molar-refractivity contribution in [2.24, 2.45) is 0 Å². The van der Waals surface area contributed by atoms with E-state index in [1.165, 1.54) is 30.4 Å². The van der Waals surface area contributed by atoms with E-state index in [9.17, 15) is 4.79 Å². The predicted octanol–water partition coefficient (Wildman–Crippen LogP) is 5.26. The Morgan fingerprint density at radius 3 is 2.55 bits per heavy atom. The lowest BCUT2D eigenvalue weighted by Gasteiger charge is -2.31. The molecule has 0 bridgehead atoms. The monoisotopic (exact) mass is 389 g/mol. The number of benzene rings is 1. The number of carbonyl (C=O) groups is 1. The Labute approximate surface area is 173 Å². The van der Waals surface area contributed by atoms with E-state index in [2.05, 4.69) is 49.4 Å². The summed E-state index contributed by atoms with van der Waals surface area (Å²) in [6, 6.07) is 10.9. The number of aryl methyl sites for hydroxylation is 3. The second-order valence-corrected chi connectivity index (χ2v) is 8.56. The summed E-state index contributed by atoms with van der Waals surface area (Å²) in [6.07, 6.45) is 8.40. The van der Waals surface area contributed by atoms with Gasteiger partial charge in [-0.15, -0.1) is 0 Å². The topological polar surface area (TPSA) is 37.6 Å². The maximum Gasteiger partial charge on any atom is 0.228 e. The molecule has 4 heteroatoms. The quantitative estimate of drug-likeness (QED) is 0.610. The third-order valence-corrected chi connectivity index (χ3v) is 6.56. The number of rotatable bonds is 4. The van der Waals surface area contributed by atoms with Gasteiger partial charge in [0, 0.05) is 24.8 Å². The number of hydrogen-bond acceptors (Lipinski definition) is 2. The Bertz CT molecular complexity index is 1040. The van der Waals surface area contributed by atoms with E-state index < -0.39 is 0 Å². The first-order valence-electron chi connectivity index (χ1n) is 10.8. The fourth-order valence-corrected chi connectivity index (χ4v) is 4.48. The van der Waals surface area contributed by atoms with Crippen molar-refractivity contribution >= 4 is 11.6 Å². The normalized spacial score (nSPS) is 15.0. The minimum Gasteiger partial charge on any atom is -0.342 e. The zero-order valence-electron chi connectivity index (χ0n) is 18.0. The molecule has 0 atom stereocenters. The predicted molar refractivity (Wildman–Crippen MR) is 118 cm³/mol. The Morgan fingerprint density at radius 1 is 1.07 bits per heavy atom. The molecule has 1 amide bonds. The molecule has 152 valence electrons. The Hall–Kier alpha value is -2.62. The fraction of sp³-hybridized carbons (Fsp3) is 0.440. The van der Waals surface area contributed by atoms with E-state index in [0.29, 0.717) is 12.5 Å². The third-order valence-electron chi connectivity index (χ3n) is 6.56. The Morgan fingerprint density at radius 2 is 1.83 bits per heavy atom. The fourth-order valence-electron chi connectivity index (χ4n) is 4.48. The molecule has 0 spiro atoms. The van der Waals surface area contributed by atoms with Gasteiger partial charge >= 0.3 is 0 Å². The minimum absolute atomic E-state index is 0.185. The van der Waals surface area contributed by atoms with E-state index in [1.54, 1.807) is 0 Å². The van der Waals surface area contributed by atoms with Crippen LogP contribution in [0.2, 0.25) is 0 Å². The highest BCUT2D eigenvalue weighted by molar-refractivity contribution is 5.82. The summed E-state index contributed by atoms with van der Waals surface area (Å²) in [4.78, 5) is 20.2. The van der Waals surface area contributed by atoms with Gasteiger partial charge in [-0.3, -0.25) is 4.79 Å². The van der Waals surface area contributed by atoms with Crippen molar-refractivity contribution in [2.75, 3.05) is 7.05 Å². The molecule has 2 aromatic heterocycles. The molecule has 1 saturated carbocycles. The number of pyridine rings is 1. The van der Waals surface area contributed by atoms with Crippen LogP contribution in [0.3, 0.4) is 0 Å². The van der Waals surface area contributed by atoms with E-state index in [-0.39, 0.29) is 5.91 Å². The van der Waals surface area contributed by atoms with Crippen molar-refractivity contribution < 1.29 is 4.79 Å². The van der Waals surface area contributed by atoms with Gasteiger partial charge in [0.25, 0.3) is 0 Å². The van der Waals surface area contributed by atoms with Crippen molar-refractivity contribution in [1.29, 1.82) is 0 Å². The van der Waals surface area contributed by atoms with Crippen LogP contribution in [0, 0.1) is 20.8 Å². The largest absolute Gasteiger partial charge is 0.342 e. The summed E-state index contributed by atoms with van der Waals surface area (Å²) >= 11 is 0. The van der Waals surface area contributed by atoms with Gasteiger partial charge in [-0.1, -0.05) is 37.5 Å². The SMILES string of the molecule is Cc1ccc(-c2nc3c(C)cccn3c2CC(=O)N(C)C2CCCCC2)cc1C. The maximum absolute atomic E-state index is 13.2. The number of fused-ring (bicyclic) bond motifs is 1. The molecule has 1 aliphatic carbocycles. The van der Waals surface area contributed by atoms with Crippen molar-refractivity contribution in [1.82, 2.24) is 14.3 Å². The molecule has 0 radical (unpaired) electrons. The molecule has 29 heavy (non-hydrogen) atoms. The van der Waals surface area contributed by atoms with E-state index in [4.69, 9.17) is 4.98 Å². The van der Waals surface area contributed by atoms with E-state index in [1.807, 2.05) is 24.2 Å². The van der Waals surface area contributed by atoms with Crippen LogP contribution in [0.1, 0.15) is 54.5 Å².